The Kier molecular flexibility index (Phi) is 4.07. The fourth-order valence-corrected chi connectivity index (χ4v) is 4.00. The summed E-state index contributed by atoms with van der Waals surface area (Å²) in [5, 5.41) is 14.8. The summed E-state index contributed by atoms with van der Waals surface area (Å²) in [5.41, 5.74) is 0.489. The molecule has 106 valence electrons. The maximum absolute atomic E-state index is 12.1. The SMILES string of the molecule is Cc1nnc(NC(=O)c2csc(C3CCCCC3)n2)s1. The highest BCUT2D eigenvalue weighted by Crippen LogP contribution is 2.34. The summed E-state index contributed by atoms with van der Waals surface area (Å²) in [7, 11) is 0. The van der Waals surface area contributed by atoms with Gasteiger partial charge in [-0.25, -0.2) is 4.98 Å². The Balaban J connectivity index is 1.67. The number of carbonyl (C=O) groups excluding carboxylic acids is 1. The largest absolute Gasteiger partial charge is 0.295 e. The third-order valence-corrected chi connectivity index (χ3v) is 5.22. The average molecular weight is 308 g/mol. The number of anilines is 1. The Hall–Kier alpha value is -1.34. The van der Waals surface area contributed by atoms with Crippen LogP contribution in [0.4, 0.5) is 5.13 Å². The maximum Gasteiger partial charge on any atom is 0.276 e. The molecule has 1 saturated carbocycles. The highest BCUT2D eigenvalue weighted by molar-refractivity contribution is 7.15. The van der Waals surface area contributed by atoms with E-state index in [9.17, 15) is 4.79 Å². The highest BCUT2D eigenvalue weighted by Gasteiger charge is 2.20. The molecule has 1 aliphatic carbocycles. The Labute approximate surface area is 125 Å². The Bertz CT molecular complexity index is 601. The van der Waals surface area contributed by atoms with Crippen LogP contribution < -0.4 is 5.32 Å². The summed E-state index contributed by atoms with van der Waals surface area (Å²) in [4.78, 5) is 16.6. The smallest absolute Gasteiger partial charge is 0.276 e. The van der Waals surface area contributed by atoms with Crippen LogP contribution in [0.25, 0.3) is 0 Å². The first-order chi connectivity index (χ1) is 9.72. The minimum Gasteiger partial charge on any atom is -0.295 e. The molecule has 3 rings (SSSR count). The van der Waals surface area contributed by atoms with Crippen molar-refractivity contribution in [3.05, 3.63) is 21.1 Å². The zero-order valence-electron chi connectivity index (χ0n) is 11.3. The van der Waals surface area contributed by atoms with Crippen molar-refractivity contribution in [2.24, 2.45) is 0 Å². The number of aryl methyl sites for hydroxylation is 1. The Morgan fingerprint density at radius 1 is 1.30 bits per heavy atom. The van der Waals surface area contributed by atoms with Gasteiger partial charge in [0.15, 0.2) is 0 Å². The van der Waals surface area contributed by atoms with Gasteiger partial charge in [-0.15, -0.1) is 21.5 Å². The van der Waals surface area contributed by atoms with Crippen LogP contribution in [-0.2, 0) is 0 Å². The van der Waals surface area contributed by atoms with E-state index < -0.39 is 0 Å². The molecular weight excluding hydrogens is 292 g/mol. The quantitative estimate of drug-likeness (QED) is 0.940. The van der Waals surface area contributed by atoms with E-state index in [0.717, 1.165) is 10.0 Å². The normalized spacial score (nSPS) is 16.2. The van der Waals surface area contributed by atoms with Crippen molar-refractivity contribution in [2.75, 3.05) is 5.32 Å². The van der Waals surface area contributed by atoms with Crippen molar-refractivity contribution in [1.82, 2.24) is 15.2 Å². The monoisotopic (exact) mass is 308 g/mol. The van der Waals surface area contributed by atoms with Gasteiger partial charge < -0.3 is 0 Å². The topological polar surface area (TPSA) is 67.8 Å². The molecule has 2 aromatic heterocycles. The van der Waals surface area contributed by atoms with Gasteiger partial charge in [-0.1, -0.05) is 30.6 Å². The molecule has 0 saturated heterocycles. The molecule has 0 aromatic carbocycles. The molecule has 0 aliphatic heterocycles. The van der Waals surface area contributed by atoms with Crippen LogP contribution in [0.5, 0.6) is 0 Å². The van der Waals surface area contributed by atoms with Gasteiger partial charge in [-0.2, -0.15) is 0 Å². The first-order valence-corrected chi connectivity index (χ1v) is 8.49. The van der Waals surface area contributed by atoms with Gasteiger partial charge in [0.1, 0.15) is 10.7 Å². The number of nitrogens with one attached hydrogen (secondary N) is 1. The predicted octanol–water partition coefficient (Wildman–Crippen LogP) is 3.60. The lowest BCUT2D eigenvalue weighted by Crippen LogP contribution is -2.13. The van der Waals surface area contributed by atoms with E-state index in [0.29, 0.717) is 16.7 Å². The number of aromatic nitrogens is 3. The standard InChI is InChI=1S/C13H16N4OS2/c1-8-16-17-13(20-8)15-11(18)10-7-19-12(14-10)9-5-3-2-4-6-9/h7,9H,2-6H2,1H3,(H,15,17,18). The van der Waals surface area contributed by atoms with Crippen molar-refractivity contribution < 1.29 is 4.79 Å². The molecule has 1 aliphatic rings. The van der Waals surface area contributed by atoms with Crippen molar-refractivity contribution >= 4 is 33.7 Å². The van der Waals surface area contributed by atoms with Gasteiger partial charge in [0.25, 0.3) is 5.91 Å². The number of hydrogen-bond acceptors (Lipinski definition) is 6. The number of amides is 1. The van der Waals surface area contributed by atoms with Gasteiger partial charge in [0.05, 0.1) is 5.01 Å². The van der Waals surface area contributed by atoms with Crippen molar-refractivity contribution in [1.29, 1.82) is 0 Å². The molecule has 2 heterocycles. The average Bonchev–Trinajstić information content (AvgIpc) is 3.09. The Morgan fingerprint density at radius 3 is 2.80 bits per heavy atom. The van der Waals surface area contributed by atoms with E-state index in [2.05, 4.69) is 20.5 Å². The second kappa shape index (κ2) is 5.97. The van der Waals surface area contributed by atoms with Crippen molar-refractivity contribution in [2.45, 2.75) is 44.9 Å². The van der Waals surface area contributed by atoms with Gasteiger partial charge in [-0.3, -0.25) is 10.1 Å². The first kappa shape index (κ1) is 13.6. The lowest BCUT2D eigenvalue weighted by Gasteiger charge is -2.18. The second-order valence-corrected chi connectivity index (χ2v) is 7.06. The summed E-state index contributed by atoms with van der Waals surface area (Å²) in [6, 6.07) is 0. The van der Waals surface area contributed by atoms with Gasteiger partial charge in [0.2, 0.25) is 5.13 Å². The van der Waals surface area contributed by atoms with Crippen LogP contribution in [0.3, 0.4) is 0 Å². The minimum atomic E-state index is -0.195. The van der Waals surface area contributed by atoms with E-state index in [1.807, 2.05) is 12.3 Å². The predicted molar refractivity (Wildman–Crippen MR) is 80.5 cm³/mol. The lowest BCUT2D eigenvalue weighted by molar-refractivity contribution is 0.102. The second-order valence-electron chi connectivity index (χ2n) is 4.99. The highest BCUT2D eigenvalue weighted by atomic mass is 32.1. The van der Waals surface area contributed by atoms with Gasteiger partial charge in [0, 0.05) is 11.3 Å². The van der Waals surface area contributed by atoms with Crippen molar-refractivity contribution in [3.8, 4) is 0 Å². The van der Waals surface area contributed by atoms with Crippen LogP contribution in [-0.4, -0.2) is 21.1 Å². The number of thiazole rings is 1. The molecule has 0 bridgehead atoms. The molecular formula is C13H16N4OS2. The van der Waals surface area contributed by atoms with E-state index in [1.54, 1.807) is 11.3 Å². The van der Waals surface area contributed by atoms with Gasteiger partial charge >= 0.3 is 0 Å². The number of nitrogens with zero attached hydrogens (tertiary/aromatic N) is 3. The number of hydrogen-bond donors (Lipinski definition) is 1. The van der Waals surface area contributed by atoms with Crippen LogP contribution in [0, 0.1) is 6.92 Å². The zero-order chi connectivity index (χ0) is 13.9. The fraction of sp³-hybridized carbons (Fsp3) is 0.538. The van der Waals surface area contributed by atoms with Crippen LogP contribution >= 0.6 is 22.7 Å². The van der Waals surface area contributed by atoms with Crippen LogP contribution in [0.15, 0.2) is 5.38 Å². The first-order valence-electron chi connectivity index (χ1n) is 6.79. The van der Waals surface area contributed by atoms with Crippen LogP contribution in [0.2, 0.25) is 0 Å². The van der Waals surface area contributed by atoms with Crippen molar-refractivity contribution in [3.63, 3.8) is 0 Å². The van der Waals surface area contributed by atoms with E-state index in [-0.39, 0.29) is 5.91 Å². The molecule has 1 amide bonds. The maximum atomic E-state index is 12.1. The molecule has 1 fully saturated rings. The number of carbonyl (C=O) groups is 1. The summed E-state index contributed by atoms with van der Waals surface area (Å²) in [6.45, 7) is 1.86. The summed E-state index contributed by atoms with van der Waals surface area (Å²) in [6.07, 6.45) is 6.27. The lowest BCUT2D eigenvalue weighted by atomic mass is 9.90. The Morgan fingerprint density at radius 2 is 2.10 bits per heavy atom. The molecule has 0 atom stereocenters. The molecule has 0 radical (unpaired) electrons. The van der Waals surface area contributed by atoms with Crippen LogP contribution in [0.1, 0.15) is 58.5 Å². The minimum absolute atomic E-state index is 0.195. The fourth-order valence-electron chi connectivity index (χ4n) is 2.44. The zero-order valence-corrected chi connectivity index (χ0v) is 12.9. The van der Waals surface area contributed by atoms with E-state index in [4.69, 9.17) is 0 Å². The third kappa shape index (κ3) is 3.04. The summed E-state index contributed by atoms with van der Waals surface area (Å²) in [5.74, 6) is 0.346. The number of rotatable bonds is 3. The van der Waals surface area contributed by atoms with E-state index >= 15 is 0 Å². The molecule has 7 heteroatoms. The molecule has 20 heavy (non-hydrogen) atoms. The summed E-state index contributed by atoms with van der Waals surface area (Å²) >= 11 is 2.96. The third-order valence-electron chi connectivity index (χ3n) is 3.46. The molecule has 2 aromatic rings. The summed E-state index contributed by atoms with van der Waals surface area (Å²) < 4.78 is 0. The molecule has 5 nitrogen and oxygen atoms in total. The van der Waals surface area contributed by atoms with Gasteiger partial charge in [-0.05, 0) is 19.8 Å². The molecule has 1 N–H and O–H groups in total. The van der Waals surface area contributed by atoms with E-state index in [1.165, 1.54) is 43.4 Å². The molecule has 0 unspecified atom stereocenters. The molecule has 0 spiro atoms.